The third-order valence-corrected chi connectivity index (χ3v) is 7.52. The second-order valence-electron chi connectivity index (χ2n) is 8.66. The number of nitrogens with zero attached hydrogens (tertiary/aromatic N) is 1. The highest BCUT2D eigenvalue weighted by Gasteiger charge is 2.37. The van der Waals surface area contributed by atoms with E-state index in [2.05, 4.69) is 16.6 Å². The predicted molar refractivity (Wildman–Crippen MR) is 131 cm³/mol. The average molecular weight is 506 g/mol. The number of ether oxygens (including phenoxy) is 1. The van der Waals surface area contributed by atoms with Crippen LogP contribution in [0.3, 0.4) is 0 Å². The molecule has 7 nitrogen and oxygen atoms in total. The van der Waals surface area contributed by atoms with Crippen molar-refractivity contribution in [2.45, 2.75) is 44.4 Å². The molecule has 1 aromatic carbocycles. The number of nitrogens with one attached hydrogen (secondary N) is 2. The summed E-state index contributed by atoms with van der Waals surface area (Å²) in [6, 6.07) is 2.94. The van der Waals surface area contributed by atoms with E-state index in [-0.39, 0.29) is 31.1 Å². The molecule has 2 atom stereocenters. The number of piperidine rings is 1. The SMILES string of the molecule is C=CCOc1cc(Cl)c(Cl)cc1C(N[S@@+]([O-])C(C)(C)C)C1CCN(C(=O)NCCO)CC1. The minimum atomic E-state index is -1.34. The Labute approximate surface area is 203 Å². The van der Waals surface area contributed by atoms with Gasteiger partial charge in [0, 0.05) is 42.6 Å². The minimum absolute atomic E-state index is 0.0894. The number of rotatable bonds is 9. The number of likely N-dealkylation sites (tertiary alicyclic amines) is 1. The molecule has 1 aliphatic rings. The van der Waals surface area contributed by atoms with Gasteiger partial charge in [0.05, 0.1) is 22.7 Å². The number of carbonyl (C=O) groups is 1. The molecule has 0 radical (unpaired) electrons. The molecule has 2 amide bonds. The third kappa shape index (κ3) is 7.43. The van der Waals surface area contributed by atoms with Crippen LogP contribution in [0.5, 0.6) is 5.75 Å². The molecule has 0 aliphatic carbocycles. The summed E-state index contributed by atoms with van der Waals surface area (Å²) in [5, 5.41) is 12.4. The Morgan fingerprint density at radius 2 is 2.00 bits per heavy atom. The Kier molecular flexibility index (Phi) is 10.4. The van der Waals surface area contributed by atoms with Crippen molar-refractivity contribution in [1.82, 2.24) is 14.9 Å². The summed E-state index contributed by atoms with van der Waals surface area (Å²) in [6.07, 6.45) is 3.05. The number of carbonyl (C=O) groups excluding carboxylic acids is 1. The van der Waals surface area contributed by atoms with Gasteiger partial charge in [0.2, 0.25) is 0 Å². The molecule has 180 valence electrons. The number of halogens is 2. The van der Waals surface area contributed by atoms with E-state index in [0.717, 1.165) is 5.56 Å². The largest absolute Gasteiger partial charge is 0.598 e. The van der Waals surface area contributed by atoms with Gasteiger partial charge in [-0.15, -0.1) is 4.72 Å². The average Bonchev–Trinajstić information content (AvgIpc) is 2.75. The first-order chi connectivity index (χ1) is 15.1. The molecule has 1 aromatic rings. The molecule has 0 spiro atoms. The molecular formula is C22H33Cl2N3O4S. The van der Waals surface area contributed by atoms with Gasteiger partial charge in [-0.2, -0.15) is 0 Å². The Bertz CT molecular complexity index is 783. The summed E-state index contributed by atoms with van der Waals surface area (Å²) in [4.78, 5) is 14.0. The van der Waals surface area contributed by atoms with Crippen molar-refractivity contribution in [2.75, 3.05) is 32.8 Å². The van der Waals surface area contributed by atoms with Crippen LogP contribution in [0.1, 0.15) is 45.2 Å². The summed E-state index contributed by atoms with van der Waals surface area (Å²) in [7, 11) is 0. The second kappa shape index (κ2) is 12.3. The molecule has 1 heterocycles. The van der Waals surface area contributed by atoms with E-state index in [1.165, 1.54) is 0 Å². The lowest BCUT2D eigenvalue weighted by molar-refractivity contribution is 0.157. The molecule has 32 heavy (non-hydrogen) atoms. The molecule has 1 aliphatic heterocycles. The molecule has 1 saturated heterocycles. The lowest BCUT2D eigenvalue weighted by atomic mass is 9.85. The Balaban J connectivity index is 2.31. The van der Waals surface area contributed by atoms with Crippen LogP contribution < -0.4 is 14.8 Å². The van der Waals surface area contributed by atoms with Gasteiger partial charge < -0.3 is 24.6 Å². The van der Waals surface area contributed by atoms with Crippen molar-refractivity contribution in [1.29, 1.82) is 0 Å². The highest BCUT2D eigenvalue weighted by atomic mass is 35.5. The van der Waals surface area contributed by atoms with Crippen LogP contribution in [0.2, 0.25) is 10.0 Å². The van der Waals surface area contributed by atoms with Crippen LogP contribution in [0.15, 0.2) is 24.8 Å². The first kappa shape index (κ1) is 27.1. The van der Waals surface area contributed by atoms with E-state index in [1.807, 2.05) is 20.8 Å². The second-order valence-corrected chi connectivity index (χ2v) is 11.5. The number of aliphatic hydroxyl groups excluding tert-OH is 1. The zero-order valence-corrected chi connectivity index (χ0v) is 21.2. The zero-order valence-electron chi connectivity index (χ0n) is 18.8. The highest BCUT2D eigenvalue weighted by Crippen LogP contribution is 2.40. The Morgan fingerprint density at radius 1 is 1.38 bits per heavy atom. The summed E-state index contributed by atoms with van der Waals surface area (Å²) in [5.74, 6) is 0.650. The van der Waals surface area contributed by atoms with Crippen LogP contribution in [-0.2, 0) is 11.4 Å². The van der Waals surface area contributed by atoms with Gasteiger partial charge in [0.15, 0.2) is 0 Å². The van der Waals surface area contributed by atoms with Gasteiger partial charge >= 0.3 is 6.03 Å². The summed E-state index contributed by atoms with van der Waals surface area (Å²) in [5.41, 5.74) is 0.780. The van der Waals surface area contributed by atoms with Crippen LogP contribution in [0.4, 0.5) is 4.79 Å². The van der Waals surface area contributed by atoms with Crippen LogP contribution >= 0.6 is 23.2 Å². The van der Waals surface area contributed by atoms with Crippen molar-refractivity contribution in [3.63, 3.8) is 0 Å². The first-order valence-corrected chi connectivity index (χ1v) is 12.5. The van der Waals surface area contributed by atoms with Crippen molar-refractivity contribution in [2.24, 2.45) is 5.92 Å². The fourth-order valence-electron chi connectivity index (χ4n) is 3.48. The Morgan fingerprint density at radius 3 is 2.56 bits per heavy atom. The molecule has 0 saturated carbocycles. The van der Waals surface area contributed by atoms with E-state index in [1.54, 1.807) is 23.1 Å². The van der Waals surface area contributed by atoms with E-state index >= 15 is 0 Å². The van der Waals surface area contributed by atoms with Gasteiger partial charge in [-0.3, -0.25) is 0 Å². The van der Waals surface area contributed by atoms with Gasteiger partial charge in [-0.25, -0.2) is 4.79 Å². The van der Waals surface area contributed by atoms with E-state index in [9.17, 15) is 9.35 Å². The summed E-state index contributed by atoms with van der Waals surface area (Å²) in [6.45, 7) is 10.9. The molecule has 2 rings (SSSR count). The number of aliphatic hydroxyl groups is 1. The topological polar surface area (TPSA) is 96.9 Å². The number of amides is 2. The fourth-order valence-corrected chi connectivity index (χ4v) is 4.71. The zero-order chi connectivity index (χ0) is 23.9. The summed E-state index contributed by atoms with van der Waals surface area (Å²) < 4.78 is 21.7. The Hall–Kier alpha value is -1.16. The highest BCUT2D eigenvalue weighted by molar-refractivity contribution is 7.90. The fraction of sp³-hybridized carbons (Fsp3) is 0.591. The minimum Gasteiger partial charge on any atom is -0.598 e. The smallest absolute Gasteiger partial charge is 0.317 e. The normalized spacial score (nSPS) is 17.0. The van der Waals surface area contributed by atoms with Crippen molar-refractivity contribution in [3.05, 3.63) is 40.4 Å². The number of hydrogen-bond acceptors (Lipinski definition) is 5. The third-order valence-electron chi connectivity index (χ3n) is 5.22. The lowest BCUT2D eigenvalue weighted by Crippen LogP contribution is -2.48. The van der Waals surface area contributed by atoms with E-state index in [4.69, 9.17) is 33.0 Å². The maximum Gasteiger partial charge on any atom is 0.317 e. The molecule has 10 heteroatoms. The van der Waals surface area contributed by atoms with Crippen LogP contribution in [-0.4, -0.2) is 58.2 Å². The number of hydrogen-bond donors (Lipinski definition) is 3. The molecule has 0 bridgehead atoms. The number of benzene rings is 1. The van der Waals surface area contributed by atoms with Crippen molar-refractivity contribution >= 4 is 40.6 Å². The van der Waals surface area contributed by atoms with Gasteiger partial charge in [0.1, 0.15) is 17.1 Å². The molecular weight excluding hydrogens is 473 g/mol. The number of urea groups is 1. The molecule has 1 fully saturated rings. The van der Waals surface area contributed by atoms with Gasteiger partial charge in [-0.05, 0) is 45.6 Å². The van der Waals surface area contributed by atoms with E-state index in [0.29, 0.717) is 48.3 Å². The van der Waals surface area contributed by atoms with Crippen LogP contribution in [0, 0.1) is 5.92 Å². The summed E-state index contributed by atoms with van der Waals surface area (Å²) >= 11 is 11.3. The molecule has 3 N–H and O–H groups in total. The predicted octanol–water partition coefficient (Wildman–Crippen LogP) is 4.07. The van der Waals surface area contributed by atoms with Crippen molar-refractivity contribution < 1.29 is 19.2 Å². The van der Waals surface area contributed by atoms with Gasteiger partial charge in [0.25, 0.3) is 0 Å². The maximum atomic E-state index is 13.0. The quantitative estimate of drug-likeness (QED) is 0.347. The van der Waals surface area contributed by atoms with Crippen molar-refractivity contribution in [3.8, 4) is 5.75 Å². The monoisotopic (exact) mass is 505 g/mol. The van der Waals surface area contributed by atoms with Gasteiger partial charge in [-0.1, -0.05) is 35.9 Å². The maximum absolute atomic E-state index is 13.0. The first-order valence-electron chi connectivity index (χ1n) is 10.6. The van der Waals surface area contributed by atoms with Crippen LogP contribution in [0.25, 0.3) is 0 Å². The van der Waals surface area contributed by atoms with E-state index < -0.39 is 16.1 Å². The molecule has 0 aromatic heterocycles. The lowest BCUT2D eigenvalue weighted by Gasteiger charge is -2.38. The standard InChI is InChI=1S/C22H33Cl2N3O4S/c1-5-12-31-19-14-18(24)17(23)13-16(19)20(26-32(30)22(2,3)4)15-6-9-27(10-7-15)21(29)25-8-11-28/h5,13-15,20,26,28H,1,6-12H2,2-4H3,(H,25,29)/t20?,32-/m0/s1. The molecule has 1 unspecified atom stereocenters.